The van der Waals surface area contributed by atoms with Crippen molar-refractivity contribution in [3.8, 4) is 10.4 Å². The van der Waals surface area contributed by atoms with Gasteiger partial charge in [0.25, 0.3) is 0 Å². The summed E-state index contributed by atoms with van der Waals surface area (Å²) in [6, 6.07) is 10.2. The normalized spacial score (nSPS) is 11.8. The third-order valence-electron chi connectivity index (χ3n) is 3.00. The number of hydrogen-bond acceptors (Lipinski definition) is 2. The van der Waals surface area contributed by atoms with Gasteiger partial charge in [0, 0.05) is 21.9 Å². The van der Waals surface area contributed by atoms with Crippen LogP contribution >= 0.6 is 22.9 Å². The van der Waals surface area contributed by atoms with E-state index in [2.05, 4.69) is 31.4 Å². The molecule has 0 fully saturated rings. The number of hydrogen-bond donors (Lipinski definition) is 1. The highest BCUT2D eigenvalue weighted by molar-refractivity contribution is 7.13. The van der Waals surface area contributed by atoms with Crippen LogP contribution in [-0.4, -0.2) is 6.54 Å². The first-order chi connectivity index (χ1) is 8.03. The van der Waals surface area contributed by atoms with E-state index in [1.54, 1.807) is 11.3 Å². The van der Waals surface area contributed by atoms with Crippen LogP contribution < -0.4 is 5.73 Å². The van der Waals surface area contributed by atoms with E-state index in [0.717, 1.165) is 5.02 Å². The van der Waals surface area contributed by atoms with Gasteiger partial charge in [-0.3, -0.25) is 0 Å². The van der Waals surface area contributed by atoms with Crippen molar-refractivity contribution in [2.45, 2.75) is 19.3 Å². The molecule has 0 spiro atoms. The minimum Gasteiger partial charge on any atom is -0.330 e. The van der Waals surface area contributed by atoms with Gasteiger partial charge in [0.05, 0.1) is 0 Å². The first-order valence-electron chi connectivity index (χ1n) is 5.58. The second-order valence-electron chi connectivity index (χ2n) is 4.80. The van der Waals surface area contributed by atoms with Crippen molar-refractivity contribution in [3.05, 3.63) is 46.3 Å². The largest absolute Gasteiger partial charge is 0.330 e. The van der Waals surface area contributed by atoms with Crippen LogP contribution in [0.25, 0.3) is 10.4 Å². The Morgan fingerprint density at radius 2 is 2.06 bits per heavy atom. The summed E-state index contributed by atoms with van der Waals surface area (Å²) in [5.41, 5.74) is 8.29. The fourth-order valence-corrected chi connectivity index (χ4v) is 2.89. The molecule has 3 heteroatoms. The van der Waals surface area contributed by atoms with Gasteiger partial charge >= 0.3 is 0 Å². The van der Waals surface area contributed by atoms with Gasteiger partial charge in [0.15, 0.2) is 0 Å². The van der Waals surface area contributed by atoms with E-state index >= 15 is 0 Å². The second kappa shape index (κ2) is 4.81. The van der Waals surface area contributed by atoms with Crippen molar-refractivity contribution < 1.29 is 0 Å². The minimum atomic E-state index is 0.0350. The lowest BCUT2D eigenvalue weighted by atomic mass is 9.86. The molecule has 2 aromatic rings. The van der Waals surface area contributed by atoms with Crippen LogP contribution in [0, 0.1) is 0 Å². The van der Waals surface area contributed by atoms with Gasteiger partial charge < -0.3 is 5.73 Å². The van der Waals surface area contributed by atoms with Crippen LogP contribution in [0.5, 0.6) is 0 Å². The zero-order chi connectivity index (χ0) is 12.5. The molecule has 0 aliphatic carbocycles. The van der Waals surface area contributed by atoms with Gasteiger partial charge in [-0.1, -0.05) is 37.6 Å². The van der Waals surface area contributed by atoms with Crippen molar-refractivity contribution in [1.82, 2.24) is 0 Å². The molecule has 17 heavy (non-hydrogen) atoms. The van der Waals surface area contributed by atoms with Gasteiger partial charge in [-0.05, 0) is 34.7 Å². The summed E-state index contributed by atoms with van der Waals surface area (Å²) in [6.07, 6.45) is 0. The van der Waals surface area contributed by atoms with Crippen LogP contribution in [-0.2, 0) is 5.41 Å². The molecule has 1 nitrogen and oxygen atoms in total. The molecule has 90 valence electrons. The summed E-state index contributed by atoms with van der Waals surface area (Å²) in [4.78, 5) is 1.24. The van der Waals surface area contributed by atoms with E-state index in [4.69, 9.17) is 17.3 Å². The average molecular weight is 266 g/mol. The van der Waals surface area contributed by atoms with Crippen molar-refractivity contribution >= 4 is 22.9 Å². The van der Waals surface area contributed by atoms with Crippen molar-refractivity contribution in [1.29, 1.82) is 0 Å². The molecule has 0 amide bonds. The SMILES string of the molecule is CC(C)(CN)c1csc(-c2cccc(Cl)c2)c1. The van der Waals surface area contributed by atoms with Crippen molar-refractivity contribution in [2.75, 3.05) is 6.54 Å². The maximum Gasteiger partial charge on any atom is 0.0412 e. The molecular weight excluding hydrogens is 250 g/mol. The topological polar surface area (TPSA) is 26.0 Å². The molecule has 1 aromatic carbocycles. The van der Waals surface area contributed by atoms with Crippen LogP contribution in [0.15, 0.2) is 35.7 Å². The van der Waals surface area contributed by atoms with Gasteiger partial charge in [-0.15, -0.1) is 11.3 Å². The third-order valence-corrected chi connectivity index (χ3v) is 4.21. The number of nitrogens with two attached hydrogens (primary N) is 1. The molecule has 0 aliphatic rings. The van der Waals surface area contributed by atoms with Crippen LogP contribution in [0.4, 0.5) is 0 Å². The van der Waals surface area contributed by atoms with E-state index < -0.39 is 0 Å². The lowest BCUT2D eigenvalue weighted by Crippen LogP contribution is -2.27. The predicted octanol–water partition coefficient (Wildman–Crippen LogP) is 4.30. The number of halogens is 1. The van der Waals surface area contributed by atoms with Crippen LogP contribution in [0.3, 0.4) is 0 Å². The van der Waals surface area contributed by atoms with Gasteiger partial charge in [-0.25, -0.2) is 0 Å². The van der Waals surface area contributed by atoms with E-state index in [0.29, 0.717) is 6.54 Å². The molecule has 0 radical (unpaired) electrons. The Balaban J connectivity index is 2.36. The lowest BCUT2D eigenvalue weighted by Gasteiger charge is -2.20. The van der Waals surface area contributed by atoms with Crippen LogP contribution in [0.1, 0.15) is 19.4 Å². The molecular formula is C14H16ClNS. The fourth-order valence-electron chi connectivity index (χ4n) is 1.60. The summed E-state index contributed by atoms with van der Waals surface area (Å²) in [6.45, 7) is 4.98. The number of thiophene rings is 1. The lowest BCUT2D eigenvalue weighted by molar-refractivity contribution is 0.541. The number of benzene rings is 1. The van der Waals surface area contributed by atoms with Crippen molar-refractivity contribution in [2.24, 2.45) is 5.73 Å². The zero-order valence-electron chi connectivity index (χ0n) is 10.0. The van der Waals surface area contributed by atoms with Gasteiger partial charge in [-0.2, -0.15) is 0 Å². The van der Waals surface area contributed by atoms with Crippen molar-refractivity contribution in [3.63, 3.8) is 0 Å². The average Bonchev–Trinajstić information content (AvgIpc) is 2.79. The summed E-state index contributed by atoms with van der Waals surface area (Å²) < 4.78 is 0. The maximum absolute atomic E-state index is 6.00. The highest BCUT2D eigenvalue weighted by atomic mass is 35.5. The minimum absolute atomic E-state index is 0.0350. The van der Waals surface area contributed by atoms with E-state index in [1.165, 1.54) is 16.0 Å². The smallest absolute Gasteiger partial charge is 0.0412 e. The molecule has 0 saturated carbocycles. The fraction of sp³-hybridized carbons (Fsp3) is 0.286. The Hall–Kier alpha value is -0.830. The Morgan fingerprint density at radius 3 is 2.71 bits per heavy atom. The molecule has 0 unspecified atom stereocenters. The van der Waals surface area contributed by atoms with Crippen LogP contribution in [0.2, 0.25) is 5.02 Å². The van der Waals surface area contributed by atoms with E-state index in [1.807, 2.05) is 18.2 Å². The molecule has 2 rings (SSSR count). The van der Waals surface area contributed by atoms with Gasteiger partial charge in [0.2, 0.25) is 0 Å². The Kier molecular flexibility index (Phi) is 3.57. The summed E-state index contributed by atoms with van der Waals surface area (Å²) >= 11 is 7.74. The number of rotatable bonds is 3. The highest BCUT2D eigenvalue weighted by Gasteiger charge is 2.20. The van der Waals surface area contributed by atoms with E-state index in [-0.39, 0.29) is 5.41 Å². The first kappa shape index (κ1) is 12.6. The summed E-state index contributed by atoms with van der Waals surface area (Å²) in [7, 11) is 0. The molecule has 0 bridgehead atoms. The third kappa shape index (κ3) is 2.71. The molecule has 0 atom stereocenters. The maximum atomic E-state index is 6.00. The molecule has 2 N–H and O–H groups in total. The Bertz CT molecular complexity index is 516. The highest BCUT2D eigenvalue weighted by Crippen LogP contribution is 2.33. The Morgan fingerprint density at radius 1 is 1.29 bits per heavy atom. The molecule has 1 heterocycles. The quantitative estimate of drug-likeness (QED) is 0.880. The standard InChI is InChI=1S/C14H16ClNS/c1-14(2,9-16)11-7-13(17-8-11)10-4-3-5-12(15)6-10/h3-8H,9,16H2,1-2H3. The second-order valence-corrected chi connectivity index (χ2v) is 6.15. The molecule has 1 aromatic heterocycles. The van der Waals surface area contributed by atoms with Gasteiger partial charge in [0.1, 0.15) is 0 Å². The first-order valence-corrected chi connectivity index (χ1v) is 6.84. The molecule has 0 saturated heterocycles. The summed E-state index contributed by atoms with van der Waals surface area (Å²) in [5, 5.41) is 2.96. The van der Waals surface area contributed by atoms with E-state index in [9.17, 15) is 0 Å². The summed E-state index contributed by atoms with van der Waals surface area (Å²) in [5.74, 6) is 0. The molecule has 0 aliphatic heterocycles. The predicted molar refractivity (Wildman–Crippen MR) is 76.8 cm³/mol. The zero-order valence-corrected chi connectivity index (χ0v) is 11.6. The Labute approximate surface area is 111 Å². The monoisotopic (exact) mass is 265 g/mol.